The van der Waals surface area contributed by atoms with Gasteiger partial charge in [-0.2, -0.15) is 0 Å². The van der Waals surface area contributed by atoms with Crippen LogP contribution >= 0.6 is 15.9 Å². The van der Waals surface area contributed by atoms with Crippen molar-refractivity contribution in [3.8, 4) is 11.6 Å². The summed E-state index contributed by atoms with van der Waals surface area (Å²) in [5.74, 6) is -0.223. The highest BCUT2D eigenvalue weighted by Crippen LogP contribution is 2.29. The molecule has 1 aromatic heterocycles. The Morgan fingerprint density at radius 2 is 2.17 bits per heavy atom. The highest BCUT2D eigenvalue weighted by molar-refractivity contribution is 9.10. The molecule has 5 heteroatoms. The van der Waals surface area contributed by atoms with Crippen LogP contribution in [0, 0.1) is 5.82 Å². The van der Waals surface area contributed by atoms with Crippen LogP contribution < -0.4 is 4.74 Å². The van der Waals surface area contributed by atoms with Gasteiger partial charge in [0.25, 0.3) is 0 Å². The van der Waals surface area contributed by atoms with Crippen LogP contribution in [0.1, 0.15) is 18.6 Å². The van der Waals surface area contributed by atoms with Crippen molar-refractivity contribution >= 4 is 15.9 Å². The lowest BCUT2D eigenvalue weighted by molar-refractivity contribution is 0.194. The van der Waals surface area contributed by atoms with Crippen LogP contribution in [-0.2, 0) is 0 Å². The van der Waals surface area contributed by atoms with Crippen LogP contribution in [0.4, 0.5) is 4.39 Å². The molecule has 0 bridgehead atoms. The monoisotopic (exact) mass is 311 g/mol. The van der Waals surface area contributed by atoms with Gasteiger partial charge in [-0.1, -0.05) is 15.9 Å². The van der Waals surface area contributed by atoms with E-state index in [1.807, 2.05) is 0 Å². The molecule has 0 aliphatic heterocycles. The smallest absolute Gasteiger partial charge is 0.225 e. The minimum absolute atomic E-state index is 0.0683. The van der Waals surface area contributed by atoms with Crippen molar-refractivity contribution in [3.05, 3.63) is 52.4 Å². The topological polar surface area (TPSA) is 42.4 Å². The Morgan fingerprint density at radius 1 is 1.39 bits per heavy atom. The molecule has 0 amide bonds. The van der Waals surface area contributed by atoms with E-state index in [1.54, 1.807) is 25.1 Å². The summed E-state index contributed by atoms with van der Waals surface area (Å²) < 4.78 is 19.6. The Bertz CT molecular complexity index is 560. The first-order chi connectivity index (χ1) is 8.58. The molecule has 0 unspecified atom stereocenters. The third-order valence-corrected chi connectivity index (χ3v) is 2.84. The van der Waals surface area contributed by atoms with Crippen molar-refractivity contribution in [2.75, 3.05) is 0 Å². The van der Waals surface area contributed by atoms with E-state index in [2.05, 4.69) is 20.9 Å². The molecular formula is C13H11BrFNO2. The molecule has 1 atom stereocenters. The molecule has 0 fully saturated rings. The van der Waals surface area contributed by atoms with Gasteiger partial charge in [-0.15, -0.1) is 0 Å². The lowest BCUT2D eigenvalue weighted by atomic mass is 10.2. The minimum Gasteiger partial charge on any atom is -0.436 e. The van der Waals surface area contributed by atoms with Gasteiger partial charge >= 0.3 is 0 Å². The molecule has 0 spiro atoms. The van der Waals surface area contributed by atoms with E-state index in [1.165, 1.54) is 18.3 Å². The average molecular weight is 312 g/mol. The number of ether oxygens (including phenoxy) is 1. The summed E-state index contributed by atoms with van der Waals surface area (Å²) in [6, 6.07) is 7.85. The van der Waals surface area contributed by atoms with Gasteiger partial charge in [-0.3, -0.25) is 0 Å². The van der Waals surface area contributed by atoms with E-state index >= 15 is 0 Å². The van der Waals surface area contributed by atoms with E-state index in [0.717, 1.165) is 0 Å². The average Bonchev–Trinajstić information content (AvgIpc) is 2.33. The lowest BCUT2D eigenvalue weighted by Gasteiger charge is -2.12. The normalized spacial score (nSPS) is 12.2. The third kappa shape index (κ3) is 2.86. The molecule has 1 aromatic carbocycles. The van der Waals surface area contributed by atoms with E-state index < -0.39 is 11.9 Å². The van der Waals surface area contributed by atoms with Crippen LogP contribution in [-0.4, -0.2) is 10.1 Å². The number of hydrogen-bond donors (Lipinski definition) is 1. The predicted molar refractivity (Wildman–Crippen MR) is 69.0 cm³/mol. The fraction of sp³-hybridized carbons (Fsp3) is 0.154. The largest absolute Gasteiger partial charge is 0.436 e. The fourth-order valence-electron chi connectivity index (χ4n) is 1.47. The van der Waals surface area contributed by atoms with Gasteiger partial charge in [-0.05, 0) is 37.3 Å². The Kier molecular flexibility index (Phi) is 3.93. The second-order valence-electron chi connectivity index (χ2n) is 3.75. The van der Waals surface area contributed by atoms with Gasteiger partial charge in [0.1, 0.15) is 0 Å². The van der Waals surface area contributed by atoms with Gasteiger partial charge in [0, 0.05) is 16.2 Å². The van der Waals surface area contributed by atoms with Crippen LogP contribution in [0.2, 0.25) is 0 Å². The number of aliphatic hydroxyl groups excluding tert-OH is 1. The van der Waals surface area contributed by atoms with Gasteiger partial charge in [0.2, 0.25) is 5.88 Å². The van der Waals surface area contributed by atoms with Gasteiger partial charge in [0.15, 0.2) is 11.6 Å². The highest BCUT2D eigenvalue weighted by Gasteiger charge is 2.13. The molecule has 0 aliphatic carbocycles. The van der Waals surface area contributed by atoms with E-state index in [0.29, 0.717) is 10.0 Å². The fourth-order valence-corrected chi connectivity index (χ4v) is 1.80. The molecule has 0 saturated heterocycles. The van der Waals surface area contributed by atoms with Crippen molar-refractivity contribution in [1.29, 1.82) is 0 Å². The molecule has 0 radical (unpaired) electrons. The number of nitrogens with zero attached hydrogens (tertiary/aromatic N) is 1. The number of benzene rings is 1. The maximum absolute atomic E-state index is 13.6. The quantitative estimate of drug-likeness (QED) is 0.936. The number of aliphatic hydroxyl groups is 1. The van der Waals surface area contributed by atoms with Crippen molar-refractivity contribution < 1.29 is 14.2 Å². The molecule has 1 heterocycles. The molecule has 94 valence electrons. The second-order valence-corrected chi connectivity index (χ2v) is 4.67. The van der Waals surface area contributed by atoms with Crippen molar-refractivity contribution in [2.24, 2.45) is 0 Å². The number of halogens is 2. The third-order valence-electron chi connectivity index (χ3n) is 2.35. The summed E-state index contributed by atoms with van der Waals surface area (Å²) in [4.78, 5) is 4.00. The first kappa shape index (κ1) is 13.0. The number of aromatic nitrogens is 1. The summed E-state index contributed by atoms with van der Waals surface area (Å²) in [6.07, 6.45) is 0.796. The zero-order chi connectivity index (χ0) is 13.1. The molecule has 2 rings (SSSR count). The summed E-state index contributed by atoms with van der Waals surface area (Å²) in [7, 11) is 0. The number of hydrogen-bond acceptors (Lipinski definition) is 3. The van der Waals surface area contributed by atoms with Crippen molar-refractivity contribution in [1.82, 2.24) is 4.98 Å². The van der Waals surface area contributed by atoms with Crippen molar-refractivity contribution in [3.63, 3.8) is 0 Å². The second kappa shape index (κ2) is 5.46. The SMILES string of the molecule is C[C@@H](O)c1cccnc1Oc1ccc(Br)cc1F. The molecule has 3 nitrogen and oxygen atoms in total. The van der Waals surface area contributed by atoms with Crippen LogP contribution in [0.3, 0.4) is 0 Å². The highest BCUT2D eigenvalue weighted by atomic mass is 79.9. The van der Waals surface area contributed by atoms with Crippen LogP contribution in [0.15, 0.2) is 41.0 Å². The van der Waals surface area contributed by atoms with Crippen molar-refractivity contribution in [2.45, 2.75) is 13.0 Å². The zero-order valence-electron chi connectivity index (χ0n) is 9.60. The molecule has 1 N–H and O–H groups in total. The lowest BCUT2D eigenvalue weighted by Crippen LogP contribution is -1.99. The van der Waals surface area contributed by atoms with Gasteiger partial charge in [0.05, 0.1) is 6.10 Å². The van der Waals surface area contributed by atoms with E-state index in [4.69, 9.17) is 4.74 Å². The van der Waals surface area contributed by atoms with Crippen LogP contribution in [0.25, 0.3) is 0 Å². The molecule has 2 aromatic rings. The zero-order valence-corrected chi connectivity index (χ0v) is 11.2. The summed E-state index contributed by atoms with van der Waals surface area (Å²) >= 11 is 3.17. The summed E-state index contributed by atoms with van der Waals surface area (Å²) in [5, 5.41) is 9.57. The summed E-state index contributed by atoms with van der Waals surface area (Å²) in [6.45, 7) is 1.60. The predicted octanol–water partition coefficient (Wildman–Crippen LogP) is 3.83. The first-order valence-electron chi connectivity index (χ1n) is 5.34. The van der Waals surface area contributed by atoms with Crippen LogP contribution in [0.5, 0.6) is 11.6 Å². The molecule has 0 aliphatic rings. The Labute approximate surface area is 112 Å². The van der Waals surface area contributed by atoms with E-state index in [-0.39, 0.29) is 11.6 Å². The van der Waals surface area contributed by atoms with E-state index in [9.17, 15) is 9.50 Å². The summed E-state index contributed by atoms with van der Waals surface area (Å²) in [5.41, 5.74) is 0.514. The van der Waals surface area contributed by atoms with Gasteiger partial charge < -0.3 is 9.84 Å². The van der Waals surface area contributed by atoms with Gasteiger partial charge in [-0.25, -0.2) is 9.37 Å². The minimum atomic E-state index is -0.729. The molecule has 0 saturated carbocycles. The Hall–Kier alpha value is -1.46. The molecule has 18 heavy (non-hydrogen) atoms. The Morgan fingerprint density at radius 3 is 2.83 bits per heavy atom. The number of pyridine rings is 1. The standard InChI is InChI=1S/C13H11BrFNO2/c1-8(17)10-3-2-6-16-13(10)18-12-5-4-9(14)7-11(12)15/h2-8,17H,1H3/t8-/m1/s1. The Balaban J connectivity index is 2.34. The first-order valence-corrected chi connectivity index (χ1v) is 6.13. The maximum Gasteiger partial charge on any atom is 0.225 e. The molecular weight excluding hydrogens is 301 g/mol. The maximum atomic E-state index is 13.6. The number of rotatable bonds is 3.